The molecule has 3 N–H and O–H groups in total. The van der Waals surface area contributed by atoms with E-state index in [1.54, 1.807) is 0 Å². The van der Waals surface area contributed by atoms with Gasteiger partial charge in [0.25, 0.3) is 5.91 Å². The van der Waals surface area contributed by atoms with Gasteiger partial charge < -0.3 is 11.1 Å². The van der Waals surface area contributed by atoms with Gasteiger partial charge in [-0.1, -0.05) is 13.3 Å². The molecule has 0 aliphatic carbocycles. The number of pyridine rings is 1. The van der Waals surface area contributed by atoms with Crippen LogP contribution in [0.4, 0.5) is 4.39 Å². The highest BCUT2D eigenvalue weighted by Gasteiger charge is 2.10. The quantitative estimate of drug-likeness (QED) is 0.786. The maximum atomic E-state index is 12.9. The van der Waals surface area contributed by atoms with Crippen molar-refractivity contribution in [2.45, 2.75) is 19.8 Å². The number of hydrogen-bond acceptors (Lipinski definition) is 3. The Kier molecular flexibility index (Phi) is 5.56. The molecule has 0 radical (unpaired) electrons. The lowest BCUT2D eigenvalue weighted by molar-refractivity contribution is 0.0945. The smallest absolute Gasteiger partial charge is 0.252 e. The van der Waals surface area contributed by atoms with E-state index < -0.39 is 5.82 Å². The van der Waals surface area contributed by atoms with E-state index in [2.05, 4.69) is 17.2 Å². The SMILES string of the molecule is CCC(CCN)CNC(=O)c1cncc(F)c1. The molecule has 0 spiro atoms. The highest BCUT2D eigenvalue weighted by atomic mass is 19.1. The summed E-state index contributed by atoms with van der Waals surface area (Å²) in [4.78, 5) is 15.3. The lowest BCUT2D eigenvalue weighted by Gasteiger charge is -2.14. The molecule has 4 nitrogen and oxygen atoms in total. The fourth-order valence-corrected chi connectivity index (χ4v) is 1.56. The minimum atomic E-state index is -0.508. The van der Waals surface area contributed by atoms with Crippen molar-refractivity contribution in [1.82, 2.24) is 10.3 Å². The molecule has 1 aromatic rings. The van der Waals surface area contributed by atoms with Gasteiger partial charge in [-0.15, -0.1) is 0 Å². The highest BCUT2D eigenvalue weighted by Crippen LogP contribution is 2.06. The van der Waals surface area contributed by atoms with Crippen LogP contribution in [0, 0.1) is 11.7 Å². The lowest BCUT2D eigenvalue weighted by atomic mass is 10.0. The first-order valence-corrected chi connectivity index (χ1v) is 5.76. The van der Waals surface area contributed by atoms with E-state index in [4.69, 9.17) is 5.73 Å². The van der Waals surface area contributed by atoms with Gasteiger partial charge in [0, 0.05) is 12.7 Å². The normalized spacial score (nSPS) is 12.2. The van der Waals surface area contributed by atoms with Crippen LogP contribution in [0.25, 0.3) is 0 Å². The Morgan fingerprint density at radius 2 is 2.35 bits per heavy atom. The second-order valence-electron chi connectivity index (χ2n) is 3.95. The zero-order chi connectivity index (χ0) is 12.7. The molecule has 1 amide bonds. The maximum Gasteiger partial charge on any atom is 0.252 e. The van der Waals surface area contributed by atoms with Crippen LogP contribution in [0.3, 0.4) is 0 Å². The van der Waals surface area contributed by atoms with Gasteiger partial charge in [0.05, 0.1) is 11.8 Å². The van der Waals surface area contributed by atoms with Crippen LogP contribution in [-0.2, 0) is 0 Å². The topological polar surface area (TPSA) is 68.0 Å². The van der Waals surface area contributed by atoms with E-state index in [0.717, 1.165) is 19.0 Å². The molecule has 1 atom stereocenters. The molecule has 1 aromatic heterocycles. The average Bonchev–Trinajstić information content (AvgIpc) is 2.34. The number of hydrogen-bond donors (Lipinski definition) is 2. The summed E-state index contributed by atoms with van der Waals surface area (Å²) in [7, 11) is 0. The molecule has 0 saturated heterocycles. The third kappa shape index (κ3) is 4.48. The predicted molar refractivity (Wildman–Crippen MR) is 64.0 cm³/mol. The summed E-state index contributed by atoms with van der Waals surface area (Å²) in [6.45, 7) is 3.22. The van der Waals surface area contributed by atoms with Crippen LogP contribution in [-0.4, -0.2) is 24.0 Å². The second-order valence-corrected chi connectivity index (χ2v) is 3.95. The Labute approximate surface area is 100 Å². The number of nitrogens with one attached hydrogen (secondary N) is 1. The first-order chi connectivity index (χ1) is 8.17. The van der Waals surface area contributed by atoms with Gasteiger partial charge in [-0.2, -0.15) is 0 Å². The standard InChI is InChI=1S/C12H18FN3O/c1-2-9(3-4-14)6-16-12(17)10-5-11(13)8-15-7-10/h5,7-9H,2-4,6,14H2,1H3,(H,16,17). The van der Waals surface area contributed by atoms with E-state index in [1.807, 2.05) is 0 Å². The van der Waals surface area contributed by atoms with Crippen molar-refractivity contribution in [1.29, 1.82) is 0 Å². The number of halogens is 1. The van der Waals surface area contributed by atoms with Crippen LogP contribution in [0.15, 0.2) is 18.5 Å². The number of carbonyl (C=O) groups excluding carboxylic acids is 1. The van der Waals surface area contributed by atoms with Crippen molar-refractivity contribution < 1.29 is 9.18 Å². The Morgan fingerprint density at radius 3 is 2.94 bits per heavy atom. The van der Waals surface area contributed by atoms with Crippen molar-refractivity contribution in [3.05, 3.63) is 29.8 Å². The van der Waals surface area contributed by atoms with Crippen LogP contribution in [0.2, 0.25) is 0 Å². The summed E-state index contributed by atoms with van der Waals surface area (Å²) in [5, 5.41) is 2.76. The number of carbonyl (C=O) groups is 1. The van der Waals surface area contributed by atoms with Crippen molar-refractivity contribution in [2.24, 2.45) is 11.7 Å². The van der Waals surface area contributed by atoms with E-state index in [1.165, 1.54) is 12.3 Å². The van der Waals surface area contributed by atoms with E-state index >= 15 is 0 Å². The molecule has 5 heteroatoms. The highest BCUT2D eigenvalue weighted by molar-refractivity contribution is 5.93. The molecular formula is C12H18FN3O. The summed E-state index contributed by atoms with van der Waals surface area (Å²) in [5.74, 6) is -0.440. The van der Waals surface area contributed by atoms with Gasteiger partial charge in [-0.25, -0.2) is 4.39 Å². The number of amides is 1. The molecule has 1 rings (SSSR count). The number of nitrogens with two attached hydrogens (primary N) is 1. The Balaban J connectivity index is 2.49. The van der Waals surface area contributed by atoms with Crippen LogP contribution in [0.1, 0.15) is 30.1 Å². The Hall–Kier alpha value is -1.49. The molecule has 94 valence electrons. The minimum absolute atomic E-state index is 0.243. The maximum absolute atomic E-state index is 12.9. The largest absolute Gasteiger partial charge is 0.352 e. The predicted octanol–water partition coefficient (Wildman–Crippen LogP) is 1.33. The van der Waals surface area contributed by atoms with Crippen molar-refractivity contribution in [2.75, 3.05) is 13.1 Å². The van der Waals surface area contributed by atoms with E-state index in [-0.39, 0.29) is 11.5 Å². The summed E-state index contributed by atoms with van der Waals surface area (Å²) < 4.78 is 12.9. The first kappa shape index (κ1) is 13.6. The summed E-state index contributed by atoms with van der Waals surface area (Å²) in [6, 6.07) is 1.17. The van der Waals surface area contributed by atoms with Gasteiger partial charge in [-0.3, -0.25) is 9.78 Å². The molecule has 0 aromatic carbocycles. The van der Waals surface area contributed by atoms with Gasteiger partial charge in [0.15, 0.2) is 0 Å². The molecule has 0 saturated carbocycles. The molecule has 0 aliphatic rings. The van der Waals surface area contributed by atoms with Crippen molar-refractivity contribution in [3.8, 4) is 0 Å². The lowest BCUT2D eigenvalue weighted by Crippen LogP contribution is -2.30. The van der Waals surface area contributed by atoms with E-state index in [0.29, 0.717) is 19.0 Å². The minimum Gasteiger partial charge on any atom is -0.352 e. The third-order valence-electron chi connectivity index (χ3n) is 2.67. The summed E-state index contributed by atoms with van der Waals surface area (Å²) in [5.41, 5.74) is 5.71. The number of aromatic nitrogens is 1. The molecule has 17 heavy (non-hydrogen) atoms. The zero-order valence-electron chi connectivity index (χ0n) is 9.95. The first-order valence-electron chi connectivity index (χ1n) is 5.76. The fourth-order valence-electron chi connectivity index (χ4n) is 1.56. The number of rotatable bonds is 6. The molecule has 1 unspecified atom stereocenters. The Bertz CT molecular complexity index is 371. The second kappa shape index (κ2) is 6.96. The average molecular weight is 239 g/mol. The molecule has 0 aliphatic heterocycles. The molecule has 0 fully saturated rings. The van der Waals surface area contributed by atoms with Gasteiger partial charge >= 0.3 is 0 Å². The summed E-state index contributed by atoms with van der Waals surface area (Å²) >= 11 is 0. The zero-order valence-corrected chi connectivity index (χ0v) is 9.95. The third-order valence-corrected chi connectivity index (χ3v) is 2.67. The van der Waals surface area contributed by atoms with Crippen molar-refractivity contribution >= 4 is 5.91 Å². The van der Waals surface area contributed by atoms with Gasteiger partial charge in [0.1, 0.15) is 5.82 Å². The van der Waals surface area contributed by atoms with E-state index in [9.17, 15) is 9.18 Å². The van der Waals surface area contributed by atoms with Crippen LogP contribution < -0.4 is 11.1 Å². The molecular weight excluding hydrogens is 221 g/mol. The van der Waals surface area contributed by atoms with Crippen LogP contribution in [0.5, 0.6) is 0 Å². The monoisotopic (exact) mass is 239 g/mol. The van der Waals surface area contributed by atoms with Gasteiger partial charge in [-0.05, 0) is 24.9 Å². The molecule has 0 bridgehead atoms. The van der Waals surface area contributed by atoms with Crippen molar-refractivity contribution in [3.63, 3.8) is 0 Å². The molecule has 1 heterocycles. The number of nitrogens with zero attached hydrogens (tertiary/aromatic N) is 1. The fraction of sp³-hybridized carbons (Fsp3) is 0.500. The Morgan fingerprint density at radius 1 is 1.59 bits per heavy atom. The summed E-state index contributed by atoms with van der Waals surface area (Å²) in [6.07, 6.45) is 4.25. The van der Waals surface area contributed by atoms with Gasteiger partial charge in [0.2, 0.25) is 0 Å². The van der Waals surface area contributed by atoms with Crippen LogP contribution >= 0.6 is 0 Å².